The van der Waals surface area contributed by atoms with E-state index in [0.29, 0.717) is 30.8 Å². The van der Waals surface area contributed by atoms with Gasteiger partial charge in [0.05, 0.1) is 23.3 Å². The second-order valence-corrected chi connectivity index (χ2v) is 5.62. The van der Waals surface area contributed by atoms with Crippen molar-refractivity contribution in [2.45, 2.75) is 19.5 Å². The fraction of sp³-hybridized carbons (Fsp3) is 0.211. The first-order chi connectivity index (χ1) is 12.1. The van der Waals surface area contributed by atoms with Crippen LogP contribution in [-0.2, 0) is 17.9 Å². The zero-order valence-electron chi connectivity index (χ0n) is 13.6. The fourth-order valence-corrected chi connectivity index (χ4v) is 2.52. The Labute approximate surface area is 146 Å². The van der Waals surface area contributed by atoms with E-state index in [1.165, 1.54) is 0 Å². The predicted octanol–water partition coefficient (Wildman–Crippen LogP) is 2.33. The second-order valence-electron chi connectivity index (χ2n) is 5.62. The van der Waals surface area contributed by atoms with Crippen molar-refractivity contribution in [3.8, 4) is 12.1 Å². The molecule has 0 fully saturated rings. The molecule has 0 atom stereocenters. The van der Waals surface area contributed by atoms with E-state index in [-0.39, 0.29) is 6.42 Å². The van der Waals surface area contributed by atoms with Crippen molar-refractivity contribution in [1.29, 1.82) is 10.5 Å². The Morgan fingerprint density at radius 1 is 1.00 bits per heavy atom. The van der Waals surface area contributed by atoms with Gasteiger partial charge in [-0.05, 0) is 35.4 Å². The van der Waals surface area contributed by atoms with Crippen LogP contribution in [0.3, 0.4) is 0 Å². The van der Waals surface area contributed by atoms with Gasteiger partial charge in [-0.2, -0.15) is 10.5 Å². The van der Waals surface area contributed by atoms with Crippen LogP contribution in [0.2, 0.25) is 0 Å². The molecular weight excluding hydrogens is 316 g/mol. The number of nitrogens with one attached hydrogen (secondary N) is 1. The molecule has 2 rings (SSSR count). The summed E-state index contributed by atoms with van der Waals surface area (Å²) in [5.74, 6) is -0.457. The molecule has 0 aliphatic heterocycles. The molecule has 6 nitrogen and oxygen atoms in total. The van der Waals surface area contributed by atoms with Gasteiger partial charge >= 0.3 is 0 Å². The van der Waals surface area contributed by atoms with E-state index < -0.39 is 5.91 Å². The van der Waals surface area contributed by atoms with Crippen LogP contribution in [0.25, 0.3) is 0 Å². The van der Waals surface area contributed by atoms with Gasteiger partial charge in [0.15, 0.2) is 0 Å². The lowest BCUT2D eigenvalue weighted by atomic mass is 10.1. The van der Waals surface area contributed by atoms with Gasteiger partial charge in [-0.25, -0.2) is 5.48 Å². The highest BCUT2D eigenvalue weighted by Crippen LogP contribution is 2.13. The molecule has 126 valence electrons. The molecule has 0 aliphatic rings. The van der Waals surface area contributed by atoms with Crippen LogP contribution in [0, 0.1) is 22.7 Å². The maximum absolute atomic E-state index is 11.3. The number of rotatable bonds is 7. The smallest absolute Gasteiger partial charge is 0.244 e. The first kappa shape index (κ1) is 18.2. The van der Waals surface area contributed by atoms with E-state index in [4.69, 9.17) is 15.7 Å². The molecule has 0 bridgehead atoms. The van der Waals surface area contributed by atoms with E-state index in [2.05, 4.69) is 12.1 Å². The van der Waals surface area contributed by atoms with E-state index in [1.807, 2.05) is 41.3 Å². The van der Waals surface area contributed by atoms with Crippen LogP contribution in [-0.4, -0.2) is 22.6 Å². The highest BCUT2D eigenvalue weighted by Gasteiger charge is 2.11. The highest BCUT2D eigenvalue weighted by molar-refractivity contribution is 5.74. The zero-order valence-corrected chi connectivity index (χ0v) is 13.6. The van der Waals surface area contributed by atoms with Crippen molar-refractivity contribution in [3.63, 3.8) is 0 Å². The standard InChI is InChI=1S/C19H18N4O2/c20-11-15-3-1-5-17(9-15)13-23(8-7-19(24)22-25)14-18-6-2-4-16(10-18)12-21/h1-6,9-10,25H,7-8,13-14H2,(H,22,24). The fourth-order valence-electron chi connectivity index (χ4n) is 2.52. The van der Waals surface area contributed by atoms with E-state index in [0.717, 1.165) is 11.1 Å². The van der Waals surface area contributed by atoms with Gasteiger partial charge in [-0.15, -0.1) is 0 Å². The molecule has 0 aromatic heterocycles. The Bertz CT molecular complexity index is 761. The quantitative estimate of drug-likeness (QED) is 0.598. The van der Waals surface area contributed by atoms with Gasteiger partial charge < -0.3 is 0 Å². The van der Waals surface area contributed by atoms with E-state index in [1.54, 1.807) is 17.6 Å². The van der Waals surface area contributed by atoms with Gasteiger partial charge in [0.1, 0.15) is 0 Å². The van der Waals surface area contributed by atoms with Crippen molar-refractivity contribution >= 4 is 5.91 Å². The molecule has 0 spiro atoms. The van der Waals surface area contributed by atoms with Gasteiger partial charge in [-0.1, -0.05) is 24.3 Å². The SMILES string of the molecule is N#Cc1cccc(CN(CCC(=O)NO)Cc2cccc(C#N)c2)c1. The maximum Gasteiger partial charge on any atom is 0.244 e. The minimum Gasteiger partial charge on any atom is -0.294 e. The van der Waals surface area contributed by atoms with Crippen LogP contribution in [0.4, 0.5) is 0 Å². The topological polar surface area (TPSA) is 100 Å². The maximum atomic E-state index is 11.3. The van der Waals surface area contributed by atoms with E-state index in [9.17, 15) is 4.79 Å². The number of amides is 1. The Kier molecular flexibility index (Phi) is 6.67. The lowest BCUT2D eigenvalue weighted by molar-refractivity contribution is -0.129. The summed E-state index contributed by atoms with van der Waals surface area (Å²) in [6.07, 6.45) is 0.145. The number of hydrogen-bond donors (Lipinski definition) is 2. The summed E-state index contributed by atoms with van der Waals surface area (Å²) in [6, 6.07) is 18.8. The molecule has 0 unspecified atom stereocenters. The summed E-state index contributed by atoms with van der Waals surface area (Å²) in [6.45, 7) is 1.52. The molecule has 0 radical (unpaired) electrons. The Balaban J connectivity index is 2.15. The number of carbonyl (C=O) groups is 1. The molecule has 2 N–H and O–H groups in total. The normalized spacial score (nSPS) is 10.1. The summed E-state index contributed by atoms with van der Waals surface area (Å²) in [5, 5.41) is 26.7. The molecule has 0 saturated heterocycles. The minimum absolute atomic E-state index is 0.145. The molecule has 2 aromatic carbocycles. The predicted molar refractivity (Wildman–Crippen MR) is 91.0 cm³/mol. The molecule has 2 aromatic rings. The molecule has 1 amide bonds. The summed E-state index contributed by atoms with van der Waals surface area (Å²) in [4.78, 5) is 13.4. The van der Waals surface area contributed by atoms with Crippen LogP contribution in [0.1, 0.15) is 28.7 Å². The largest absolute Gasteiger partial charge is 0.294 e. The lowest BCUT2D eigenvalue weighted by Gasteiger charge is -2.22. The van der Waals surface area contributed by atoms with E-state index >= 15 is 0 Å². The molecule has 25 heavy (non-hydrogen) atoms. The minimum atomic E-state index is -0.457. The van der Waals surface area contributed by atoms with Crippen molar-refractivity contribution in [3.05, 3.63) is 70.8 Å². The van der Waals surface area contributed by atoms with Crippen LogP contribution >= 0.6 is 0 Å². The molecule has 0 heterocycles. The van der Waals surface area contributed by atoms with Gasteiger partial charge in [0, 0.05) is 26.1 Å². The number of carbonyl (C=O) groups excluding carboxylic acids is 1. The number of nitrogens with zero attached hydrogens (tertiary/aromatic N) is 3. The Morgan fingerprint density at radius 2 is 1.52 bits per heavy atom. The van der Waals surface area contributed by atoms with Gasteiger partial charge in [0.2, 0.25) is 5.91 Å². The average molecular weight is 334 g/mol. The molecule has 6 heteroatoms. The molecule has 0 aliphatic carbocycles. The average Bonchev–Trinajstić information content (AvgIpc) is 2.66. The van der Waals surface area contributed by atoms with Gasteiger partial charge in [-0.3, -0.25) is 14.9 Å². The third-order valence-corrected chi connectivity index (χ3v) is 3.70. The van der Waals surface area contributed by atoms with Crippen LogP contribution < -0.4 is 5.48 Å². The Hall–Kier alpha value is -3.19. The Morgan fingerprint density at radius 3 is 1.96 bits per heavy atom. The molecule has 0 saturated carbocycles. The second kappa shape index (κ2) is 9.19. The summed E-state index contributed by atoms with van der Waals surface area (Å²) in [7, 11) is 0. The number of nitriles is 2. The van der Waals surface area contributed by atoms with Crippen LogP contribution in [0.5, 0.6) is 0 Å². The number of hydrogen-bond acceptors (Lipinski definition) is 5. The summed E-state index contributed by atoms with van der Waals surface area (Å²) >= 11 is 0. The molecular formula is C19H18N4O2. The number of benzene rings is 2. The third-order valence-electron chi connectivity index (χ3n) is 3.70. The monoisotopic (exact) mass is 334 g/mol. The number of hydroxylamine groups is 1. The van der Waals surface area contributed by atoms with Crippen molar-refractivity contribution < 1.29 is 10.0 Å². The van der Waals surface area contributed by atoms with Crippen molar-refractivity contribution in [2.24, 2.45) is 0 Å². The third kappa shape index (κ3) is 5.74. The zero-order chi connectivity index (χ0) is 18.1. The first-order valence-electron chi connectivity index (χ1n) is 7.78. The van der Waals surface area contributed by atoms with Crippen molar-refractivity contribution in [2.75, 3.05) is 6.54 Å². The highest BCUT2D eigenvalue weighted by atomic mass is 16.5. The summed E-state index contributed by atoms with van der Waals surface area (Å²) < 4.78 is 0. The summed E-state index contributed by atoms with van der Waals surface area (Å²) in [5.41, 5.74) is 4.71. The first-order valence-corrected chi connectivity index (χ1v) is 7.78. The lowest BCUT2D eigenvalue weighted by Crippen LogP contribution is -2.29. The van der Waals surface area contributed by atoms with Crippen molar-refractivity contribution in [1.82, 2.24) is 10.4 Å². The van der Waals surface area contributed by atoms with Crippen LogP contribution in [0.15, 0.2) is 48.5 Å². The van der Waals surface area contributed by atoms with Gasteiger partial charge in [0.25, 0.3) is 0 Å².